The number of halogens is 4. The fourth-order valence-corrected chi connectivity index (χ4v) is 3.02. The van der Waals surface area contributed by atoms with Crippen LogP contribution in [-0.4, -0.2) is 16.3 Å². The van der Waals surface area contributed by atoms with Gasteiger partial charge in [0.1, 0.15) is 23.1 Å². The highest BCUT2D eigenvalue weighted by Crippen LogP contribution is 2.30. The Hall–Kier alpha value is -3.39. The largest absolute Gasteiger partial charge is 0.396 e. The van der Waals surface area contributed by atoms with E-state index in [2.05, 4.69) is 6.58 Å². The smallest absolute Gasteiger partial charge is 0.256 e. The van der Waals surface area contributed by atoms with Gasteiger partial charge in [-0.05, 0) is 47.9 Å². The molecule has 1 heterocycles. The van der Waals surface area contributed by atoms with E-state index in [1.165, 1.54) is 6.07 Å². The molecule has 3 aromatic rings. The van der Waals surface area contributed by atoms with Gasteiger partial charge in [0, 0.05) is 29.9 Å². The summed E-state index contributed by atoms with van der Waals surface area (Å²) in [4.78, 5) is 12.3. The molecule has 8 heteroatoms. The summed E-state index contributed by atoms with van der Waals surface area (Å²) in [6.45, 7) is 3.41. The number of aliphatic hydroxyl groups excluding tert-OH is 1. The first-order valence-corrected chi connectivity index (χ1v) is 8.50. The molecule has 0 saturated heterocycles. The van der Waals surface area contributed by atoms with Gasteiger partial charge in [0.25, 0.3) is 5.56 Å². The SMILES string of the molecule is C=C(c1ccc(F)cc1F)c1ccc(=O)n(-c2c(F)cc(CCO)cc2F)c1N. The maximum atomic E-state index is 14.6. The molecular weight excluding hydrogens is 388 g/mol. The van der Waals surface area contributed by atoms with Crippen molar-refractivity contribution in [3.63, 3.8) is 0 Å². The maximum absolute atomic E-state index is 14.6. The summed E-state index contributed by atoms with van der Waals surface area (Å²) in [5.41, 5.74) is 4.66. The first kappa shape index (κ1) is 20.3. The summed E-state index contributed by atoms with van der Waals surface area (Å²) in [6, 6.07) is 7.06. The molecule has 3 rings (SSSR count). The Kier molecular flexibility index (Phi) is 5.56. The fraction of sp³-hybridized carbons (Fsp3) is 0.0952. The molecule has 1 aromatic heterocycles. The van der Waals surface area contributed by atoms with Gasteiger partial charge in [0.15, 0.2) is 11.6 Å². The Labute approximate surface area is 163 Å². The minimum atomic E-state index is -1.06. The molecule has 0 atom stereocenters. The maximum Gasteiger partial charge on any atom is 0.256 e. The number of benzene rings is 2. The predicted octanol–water partition coefficient (Wildman–Crippen LogP) is 3.57. The second kappa shape index (κ2) is 7.92. The molecule has 150 valence electrons. The van der Waals surface area contributed by atoms with Gasteiger partial charge >= 0.3 is 0 Å². The second-order valence-corrected chi connectivity index (χ2v) is 6.29. The summed E-state index contributed by atoms with van der Waals surface area (Å²) in [7, 11) is 0. The molecule has 0 aliphatic heterocycles. The lowest BCUT2D eigenvalue weighted by atomic mass is 9.99. The number of hydrogen-bond donors (Lipinski definition) is 2. The van der Waals surface area contributed by atoms with Crippen LogP contribution in [0, 0.1) is 23.3 Å². The van der Waals surface area contributed by atoms with Crippen LogP contribution in [0.4, 0.5) is 23.4 Å². The molecule has 0 amide bonds. The summed E-state index contributed by atoms with van der Waals surface area (Å²) < 4.78 is 57.1. The van der Waals surface area contributed by atoms with E-state index in [1.807, 2.05) is 0 Å². The number of aromatic nitrogens is 1. The zero-order valence-corrected chi connectivity index (χ0v) is 15.1. The van der Waals surface area contributed by atoms with Crippen molar-refractivity contribution in [2.75, 3.05) is 12.3 Å². The van der Waals surface area contributed by atoms with Gasteiger partial charge in [0.05, 0.1) is 0 Å². The third-order valence-corrected chi connectivity index (χ3v) is 4.41. The molecular formula is C21H16F4N2O2. The van der Waals surface area contributed by atoms with Crippen molar-refractivity contribution < 1.29 is 22.7 Å². The molecule has 0 unspecified atom stereocenters. The predicted molar refractivity (Wildman–Crippen MR) is 102 cm³/mol. The molecule has 0 radical (unpaired) electrons. The number of rotatable bonds is 5. The van der Waals surface area contributed by atoms with Gasteiger partial charge in [-0.3, -0.25) is 9.36 Å². The molecule has 0 saturated carbocycles. The van der Waals surface area contributed by atoms with Crippen molar-refractivity contribution in [2.24, 2.45) is 0 Å². The first-order chi connectivity index (χ1) is 13.7. The lowest BCUT2D eigenvalue weighted by molar-refractivity contribution is 0.299. The van der Waals surface area contributed by atoms with Gasteiger partial charge in [0.2, 0.25) is 0 Å². The summed E-state index contributed by atoms with van der Waals surface area (Å²) >= 11 is 0. The molecule has 2 aromatic carbocycles. The Bertz CT molecular complexity index is 1150. The van der Waals surface area contributed by atoms with E-state index < -0.39 is 34.5 Å². The fourth-order valence-electron chi connectivity index (χ4n) is 3.02. The standard InChI is InChI=1S/C21H16F4N2O2/c1-11(14-3-2-13(22)10-16(14)23)15-4-5-19(29)27(21(15)26)20-17(24)8-12(6-7-28)9-18(20)25/h2-5,8-10,28H,1,6-7,26H2. The van der Waals surface area contributed by atoms with Gasteiger partial charge in [-0.15, -0.1) is 0 Å². The van der Waals surface area contributed by atoms with Crippen LogP contribution in [0.2, 0.25) is 0 Å². The van der Waals surface area contributed by atoms with Crippen LogP contribution in [0.5, 0.6) is 0 Å². The van der Waals surface area contributed by atoms with Crippen LogP contribution in [0.3, 0.4) is 0 Å². The number of nitrogen functional groups attached to an aromatic ring is 1. The van der Waals surface area contributed by atoms with E-state index in [0.717, 1.165) is 30.3 Å². The van der Waals surface area contributed by atoms with E-state index in [9.17, 15) is 22.4 Å². The van der Waals surface area contributed by atoms with E-state index in [-0.39, 0.29) is 41.1 Å². The van der Waals surface area contributed by atoms with Gasteiger partial charge in [-0.25, -0.2) is 17.6 Å². The van der Waals surface area contributed by atoms with Crippen LogP contribution < -0.4 is 11.3 Å². The zero-order chi connectivity index (χ0) is 21.3. The highest BCUT2D eigenvalue weighted by Gasteiger charge is 2.20. The van der Waals surface area contributed by atoms with Gasteiger partial charge in [-0.2, -0.15) is 0 Å². The molecule has 0 aliphatic carbocycles. The number of pyridine rings is 1. The number of anilines is 1. The molecule has 0 aliphatic rings. The third kappa shape index (κ3) is 3.79. The normalized spacial score (nSPS) is 10.9. The number of hydrogen-bond acceptors (Lipinski definition) is 3. The molecule has 0 spiro atoms. The highest BCUT2D eigenvalue weighted by molar-refractivity contribution is 5.83. The summed E-state index contributed by atoms with van der Waals surface area (Å²) in [5, 5.41) is 8.94. The first-order valence-electron chi connectivity index (χ1n) is 8.50. The molecule has 29 heavy (non-hydrogen) atoms. The number of nitrogens with two attached hydrogens (primary N) is 1. The molecule has 0 bridgehead atoms. The minimum Gasteiger partial charge on any atom is -0.396 e. The van der Waals surface area contributed by atoms with Crippen molar-refractivity contribution >= 4 is 11.4 Å². The third-order valence-electron chi connectivity index (χ3n) is 4.41. The average Bonchev–Trinajstić information content (AvgIpc) is 2.63. The quantitative estimate of drug-likeness (QED) is 0.639. The van der Waals surface area contributed by atoms with Crippen molar-refractivity contribution in [1.29, 1.82) is 0 Å². The van der Waals surface area contributed by atoms with Crippen LogP contribution in [0.25, 0.3) is 11.3 Å². The van der Waals surface area contributed by atoms with Crippen molar-refractivity contribution in [3.05, 3.63) is 99.4 Å². The average molecular weight is 404 g/mol. The summed E-state index contributed by atoms with van der Waals surface area (Å²) in [6.07, 6.45) is 0.0270. The minimum absolute atomic E-state index is 0.00599. The Morgan fingerprint density at radius 1 is 0.966 bits per heavy atom. The van der Waals surface area contributed by atoms with E-state index >= 15 is 0 Å². The van der Waals surface area contributed by atoms with Crippen LogP contribution in [0.15, 0.2) is 53.8 Å². The molecule has 4 nitrogen and oxygen atoms in total. The van der Waals surface area contributed by atoms with Crippen molar-refractivity contribution in [1.82, 2.24) is 4.57 Å². The second-order valence-electron chi connectivity index (χ2n) is 6.29. The van der Waals surface area contributed by atoms with E-state index in [0.29, 0.717) is 10.6 Å². The van der Waals surface area contributed by atoms with E-state index in [4.69, 9.17) is 10.8 Å². The van der Waals surface area contributed by atoms with Crippen molar-refractivity contribution in [2.45, 2.75) is 6.42 Å². The number of nitrogens with zero attached hydrogens (tertiary/aromatic N) is 1. The molecule has 0 fully saturated rings. The van der Waals surface area contributed by atoms with Crippen LogP contribution in [-0.2, 0) is 6.42 Å². The van der Waals surface area contributed by atoms with E-state index in [1.54, 1.807) is 0 Å². The lowest BCUT2D eigenvalue weighted by Gasteiger charge is -2.17. The topological polar surface area (TPSA) is 68.2 Å². The van der Waals surface area contributed by atoms with Crippen LogP contribution in [0.1, 0.15) is 16.7 Å². The summed E-state index contributed by atoms with van der Waals surface area (Å²) in [5.74, 6) is -4.17. The lowest BCUT2D eigenvalue weighted by Crippen LogP contribution is -2.24. The van der Waals surface area contributed by atoms with Crippen LogP contribution >= 0.6 is 0 Å². The van der Waals surface area contributed by atoms with Crippen molar-refractivity contribution in [3.8, 4) is 5.69 Å². The van der Waals surface area contributed by atoms with Gasteiger partial charge < -0.3 is 10.8 Å². The number of aliphatic hydroxyl groups is 1. The molecule has 3 N–H and O–H groups in total. The Morgan fingerprint density at radius 3 is 2.17 bits per heavy atom. The highest BCUT2D eigenvalue weighted by atomic mass is 19.1. The Morgan fingerprint density at radius 2 is 1.59 bits per heavy atom. The van der Waals surface area contributed by atoms with Gasteiger partial charge in [-0.1, -0.05) is 6.58 Å². The monoisotopic (exact) mass is 404 g/mol. The zero-order valence-electron chi connectivity index (χ0n) is 15.1. The Balaban J connectivity index is 2.19.